The van der Waals surface area contributed by atoms with Crippen molar-refractivity contribution in [3.8, 4) is 5.75 Å². The number of nitrogens with one attached hydrogen (secondary N) is 1. The van der Waals surface area contributed by atoms with Crippen LogP contribution in [0.2, 0.25) is 0 Å². The summed E-state index contributed by atoms with van der Waals surface area (Å²) >= 11 is 0. The average Bonchev–Trinajstić information content (AvgIpc) is 2.95. The molecule has 1 aromatic carbocycles. The van der Waals surface area contributed by atoms with Crippen molar-refractivity contribution >= 4 is 0 Å². The second kappa shape index (κ2) is 6.83. The van der Waals surface area contributed by atoms with Crippen LogP contribution in [0.1, 0.15) is 62.6 Å². The van der Waals surface area contributed by atoms with Crippen molar-refractivity contribution < 1.29 is 4.74 Å². The predicted octanol–water partition coefficient (Wildman–Crippen LogP) is 4.49. The number of hydrogen-bond acceptors (Lipinski definition) is 2. The Morgan fingerprint density at radius 2 is 1.86 bits per heavy atom. The van der Waals surface area contributed by atoms with E-state index in [0.29, 0.717) is 6.04 Å². The molecule has 0 spiro atoms. The molecule has 0 amide bonds. The molecule has 1 N–H and O–H groups in total. The molecule has 2 aliphatic rings. The van der Waals surface area contributed by atoms with Crippen molar-refractivity contribution in [3.63, 3.8) is 0 Å². The van der Waals surface area contributed by atoms with Gasteiger partial charge in [-0.3, -0.25) is 0 Å². The maximum Gasteiger partial charge on any atom is 0.119 e. The SMILES string of the molecule is CCC1CCC(CNC2CCc3ccc(OC)cc32)CC1. The van der Waals surface area contributed by atoms with Gasteiger partial charge in [0.25, 0.3) is 0 Å². The predicted molar refractivity (Wildman–Crippen MR) is 87.8 cm³/mol. The van der Waals surface area contributed by atoms with Gasteiger partial charge in [0.15, 0.2) is 0 Å². The molecule has 2 heteroatoms. The van der Waals surface area contributed by atoms with E-state index in [2.05, 4.69) is 30.4 Å². The van der Waals surface area contributed by atoms with Gasteiger partial charge in [-0.25, -0.2) is 0 Å². The van der Waals surface area contributed by atoms with Crippen molar-refractivity contribution in [3.05, 3.63) is 29.3 Å². The molecular formula is C19H29NO. The number of fused-ring (bicyclic) bond motifs is 1. The van der Waals surface area contributed by atoms with Gasteiger partial charge >= 0.3 is 0 Å². The molecule has 0 heterocycles. The van der Waals surface area contributed by atoms with Gasteiger partial charge in [0.05, 0.1) is 7.11 Å². The smallest absolute Gasteiger partial charge is 0.119 e. The van der Waals surface area contributed by atoms with Crippen molar-refractivity contribution in [2.24, 2.45) is 11.8 Å². The lowest BCUT2D eigenvalue weighted by Crippen LogP contribution is -2.28. The maximum atomic E-state index is 5.38. The summed E-state index contributed by atoms with van der Waals surface area (Å²) in [6, 6.07) is 7.10. The molecular weight excluding hydrogens is 258 g/mol. The summed E-state index contributed by atoms with van der Waals surface area (Å²) in [4.78, 5) is 0. The Morgan fingerprint density at radius 1 is 1.10 bits per heavy atom. The van der Waals surface area contributed by atoms with E-state index in [-0.39, 0.29) is 0 Å². The van der Waals surface area contributed by atoms with E-state index in [1.54, 1.807) is 7.11 Å². The molecule has 3 rings (SSSR count). The second-order valence-corrected chi connectivity index (χ2v) is 6.86. The number of ether oxygens (including phenoxy) is 1. The van der Waals surface area contributed by atoms with Gasteiger partial charge in [-0.15, -0.1) is 0 Å². The minimum absolute atomic E-state index is 0.541. The highest BCUT2D eigenvalue weighted by molar-refractivity contribution is 5.40. The fourth-order valence-corrected chi connectivity index (χ4v) is 4.07. The Balaban J connectivity index is 1.54. The monoisotopic (exact) mass is 287 g/mol. The van der Waals surface area contributed by atoms with Gasteiger partial charge in [-0.2, -0.15) is 0 Å². The molecule has 0 bridgehead atoms. The van der Waals surface area contributed by atoms with Crippen LogP contribution in [0.15, 0.2) is 18.2 Å². The van der Waals surface area contributed by atoms with Crippen LogP contribution in [-0.4, -0.2) is 13.7 Å². The minimum atomic E-state index is 0.541. The van der Waals surface area contributed by atoms with Crippen molar-refractivity contribution in [2.75, 3.05) is 13.7 Å². The number of hydrogen-bond donors (Lipinski definition) is 1. The standard InChI is InChI=1S/C19H29NO/c1-3-14-4-6-15(7-5-14)13-20-19-11-9-16-8-10-17(21-2)12-18(16)19/h8,10,12,14-15,19-20H,3-7,9,11,13H2,1-2H3. The Bertz CT molecular complexity index is 463. The first-order chi connectivity index (χ1) is 10.3. The van der Waals surface area contributed by atoms with Crippen LogP contribution < -0.4 is 10.1 Å². The highest BCUT2D eigenvalue weighted by Gasteiger charge is 2.25. The van der Waals surface area contributed by atoms with Gasteiger partial charge in [-0.05, 0) is 67.3 Å². The average molecular weight is 287 g/mol. The molecule has 21 heavy (non-hydrogen) atoms. The molecule has 2 nitrogen and oxygen atoms in total. The first kappa shape index (κ1) is 14.9. The third-order valence-corrected chi connectivity index (χ3v) is 5.63. The van der Waals surface area contributed by atoms with Crippen molar-refractivity contribution in [2.45, 2.75) is 57.9 Å². The number of benzene rings is 1. The van der Waals surface area contributed by atoms with Crippen LogP contribution >= 0.6 is 0 Å². The molecule has 0 radical (unpaired) electrons. The topological polar surface area (TPSA) is 21.3 Å². The summed E-state index contributed by atoms with van der Waals surface area (Å²) in [5.41, 5.74) is 2.97. The van der Waals surface area contributed by atoms with Gasteiger partial charge < -0.3 is 10.1 Å². The number of rotatable bonds is 5. The molecule has 1 aromatic rings. The number of aryl methyl sites for hydroxylation is 1. The van der Waals surface area contributed by atoms with E-state index in [4.69, 9.17) is 4.74 Å². The zero-order valence-electron chi connectivity index (χ0n) is 13.5. The summed E-state index contributed by atoms with van der Waals surface area (Å²) in [6.45, 7) is 3.53. The van der Waals surface area contributed by atoms with E-state index in [1.165, 1.54) is 62.6 Å². The van der Waals surface area contributed by atoms with Crippen LogP contribution in [0, 0.1) is 11.8 Å². The lowest BCUT2D eigenvalue weighted by atomic mass is 9.81. The summed E-state index contributed by atoms with van der Waals surface area (Å²) in [7, 11) is 1.76. The molecule has 1 saturated carbocycles. The first-order valence-electron chi connectivity index (χ1n) is 8.70. The Labute approximate surface area is 129 Å². The summed E-state index contributed by atoms with van der Waals surface area (Å²) in [5.74, 6) is 2.88. The van der Waals surface area contributed by atoms with Gasteiger partial charge in [0, 0.05) is 6.04 Å². The van der Waals surface area contributed by atoms with Crippen molar-refractivity contribution in [1.82, 2.24) is 5.32 Å². The third-order valence-electron chi connectivity index (χ3n) is 5.63. The van der Waals surface area contributed by atoms with Gasteiger partial charge in [-0.1, -0.05) is 32.3 Å². The molecule has 1 atom stereocenters. The quantitative estimate of drug-likeness (QED) is 0.861. The van der Waals surface area contributed by atoms with E-state index < -0.39 is 0 Å². The zero-order chi connectivity index (χ0) is 14.7. The van der Waals surface area contributed by atoms with Gasteiger partial charge in [0.1, 0.15) is 5.75 Å². The molecule has 1 fully saturated rings. The van der Waals surface area contributed by atoms with E-state index in [0.717, 1.165) is 17.6 Å². The first-order valence-corrected chi connectivity index (χ1v) is 8.70. The second-order valence-electron chi connectivity index (χ2n) is 6.86. The highest BCUT2D eigenvalue weighted by atomic mass is 16.5. The molecule has 0 aromatic heterocycles. The Morgan fingerprint density at radius 3 is 2.57 bits per heavy atom. The highest BCUT2D eigenvalue weighted by Crippen LogP contribution is 2.35. The zero-order valence-corrected chi connectivity index (χ0v) is 13.5. The van der Waals surface area contributed by atoms with E-state index in [1.807, 2.05) is 0 Å². The van der Waals surface area contributed by atoms with Gasteiger partial charge in [0.2, 0.25) is 0 Å². The van der Waals surface area contributed by atoms with Crippen LogP contribution in [0.25, 0.3) is 0 Å². The van der Waals surface area contributed by atoms with Crippen LogP contribution in [0.4, 0.5) is 0 Å². The van der Waals surface area contributed by atoms with Crippen LogP contribution in [-0.2, 0) is 6.42 Å². The number of methoxy groups -OCH3 is 1. The fourth-order valence-electron chi connectivity index (χ4n) is 4.07. The fraction of sp³-hybridized carbons (Fsp3) is 0.684. The lowest BCUT2D eigenvalue weighted by molar-refractivity contribution is 0.256. The molecule has 1 unspecified atom stereocenters. The molecule has 0 saturated heterocycles. The van der Waals surface area contributed by atoms with E-state index in [9.17, 15) is 0 Å². The largest absolute Gasteiger partial charge is 0.497 e. The van der Waals surface area contributed by atoms with Crippen LogP contribution in [0.3, 0.4) is 0 Å². The molecule has 2 aliphatic carbocycles. The third kappa shape index (κ3) is 3.42. The summed E-state index contributed by atoms with van der Waals surface area (Å²) < 4.78 is 5.38. The molecule has 0 aliphatic heterocycles. The maximum absolute atomic E-state index is 5.38. The Kier molecular flexibility index (Phi) is 4.84. The molecule has 116 valence electrons. The summed E-state index contributed by atoms with van der Waals surface area (Å²) in [6.07, 6.45) is 9.55. The minimum Gasteiger partial charge on any atom is -0.497 e. The normalized spacial score (nSPS) is 28.4. The van der Waals surface area contributed by atoms with Crippen LogP contribution in [0.5, 0.6) is 5.75 Å². The van der Waals surface area contributed by atoms with E-state index >= 15 is 0 Å². The Hall–Kier alpha value is -1.02. The van der Waals surface area contributed by atoms with Crippen molar-refractivity contribution in [1.29, 1.82) is 0 Å². The summed E-state index contributed by atoms with van der Waals surface area (Å²) in [5, 5.41) is 3.84. The lowest BCUT2D eigenvalue weighted by Gasteiger charge is -2.29.